The van der Waals surface area contributed by atoms with Gasteiger partial charge >= 0.3 is 0 Å². The van der Waals surface area contributed by atoms with Crippen LogP contribution in [0, 0.1) is 6.92 Å². The van der Waals surface area contributed by atoms with E-state index in [9.17, 15) is 0 Å². The van der Waals surface area contributed by atoms with Crippen molar-refractivity contribution in [3.8, 4) is 17.0 Å². The second-order valence-electron chi connectivity index (χ2n) is 8.27. The minimum atomic E-state index is 0.552. The summed E-state index contributed by atoms with van der Waals surface area (Å²) >= 11 is 0. The molecule has 1 fully saturated rings. The fraction of sp³-hybridized carbons (Fsp3) is 0.360. The van der Waals surface area contributed by atoms with Crippen LogP contribution in [0.1, 0.15) is 37.1 Å². The smallest absolute Gasteiger partial charge is 0.130 e. The molecule has 0 radical (unpaired) electrons. The number of rotatable bonds is 4. The van der Waals surface area contributed by atoms with Crippen LogP contribution in [-0.2, 0) is 0 Å². The molecule has 1 saturated heterocycles. The number of aromatic nitrogens is 3. The van der Waals surface area contributed by atoms with Crippen molar-refractivity contribution >= 4 is 21.9 Å². The average molecular weight is 401 g/mol. The molecule has 1 aliphatic heterocycles. The quantitative estimate of drug-likeness (QED) is 0.505. The topological polar surface area (TPSA) is 54.0 Å². The molecule has 1 aromatic carbocycles. The number of piperidine rings is 1. The van der Waals surface area contributed by atoms with E-state index < -0.39 is 0 Å². The molecule has 4 heterocycles. The van der Waals surface area contributed by atoms with E-state index in [4.69, 9.17) is 14.7 Å². The lowest BCUT2D eigenvalue weighted by atomic mass is 9.93. The molecule has 0 bridgehead atoms. The highest BCUT2D eigenvalue weighted by atomic mass is 16.5. The van der Waals surface area contributed by atoms with Gasteiger partial charge in [-0.05, 0) is 75.8 Å². The van der Waals surface area contributed by atoms with Crippen LogP contribution >= 0.6 is 0 Å². The van der Waals surface area contributed by atoms with Crippen LogP contribution in [-0.4, -0.2) is 46.6 Å². The third-order valence-electron chi connectivity index (χ3n) is 6.37. The summed E-state index contributed by atoms with van der Waals surface area (Å²) < 4.78 is 5.67. The molecule has 3 aromatic heterocycles. The summed E-state index contributed by atoms with van der Waals surface area (Å²) in [6.45, 7) is 7.78. The van der Waals surface area contributed by atoms with Gasteiger partial charge in [0.1, 0.15) is 5.75 Å². The molecule has 0 saturated carbocycles. The predicted molar refractivity (Wildman–Crippen MR) is 122 cm³/mol. The zero-order valence-electron chi connectivity index (χ0n) is 17.9. The summed E-state index contributed by atoms with van der Waals surface area (Å²) in [6.07, 6.45) is 2.37. The van der Waals surface area contributed by atoms with Gasteiger partial charge in [0.05, 0.1) is 23.8 Å². The number of nitrogens with zero attached hydrogens (tertiary/aromatic N) is 3. The Morgan fingerprint density at radius 2 is 1.80 bits per heavy atom. The average Bonchev–Trinajstić information content (AvgIpc) is 3.16. The highest BCUT2D eigenvalue weighted by molar-refractivity contribution is 5.90. The van der Waals surface area contributed by atoms with E-state index in [1.807, 2.05) is 6.07 Å². The van der Waals surface area contributed by atoms with Crippen LogP contribution in [0.5, 0.6) is 5.75 Å². The third-order valence-corrected chi connectivity index (χ3v) is 6.37. The number of hydrogen-bond acceptors (Lipinski definition) is 4. The van der Waals surface area contributed by atoms with E-state index in [0.717, 1.165) is 51.2 Å². The molecule has 4 aromatic rings. The lowest BCUT2D eigenvalue weighted by Crippen LogP contribution is -2.32. The van der Waals surface area contributed by atoms with Gasteiger partial charge in [0.25, 0.3) is 0 Å². The summed E-state index contributed by atoms with van der Waals surface area (Å²) in [5.41, 5.74) is 7.22. The van der Waals surface area contributed by atoms with Crippen LogP contribution in [0.15, 0.2) is 42.5 Å². The van der Waals surface area contributed by atoms with Crippen LogP contribution in [0.25, 0.3) is 33.2 Å². The number of H-pyrrole nitrogens is 1. The van der Waals surface area contributed by atoms with Crippen molar-refractivity contribution in [2.75, 3.05) is 26.7 Å². The number of ether oxygens (including phenoxy) is 1. The van der Waals surface area contributed by atoms with Crippen molar-refractivity contribution in [1.29, 1.82) is 0 Å². The Hall–Kier alpha value is -2.92. The summed E-state index contributed by atoms with van der Waals surface area (Å²) in [4.78, 5) is 15.8. The predicted octanol–water partition coefficient (Wildman–Crippen LogP) is 5.29. The maximum absolute atomic E-state index is 5.67. The number of fused-ring (bicyclic) bond motifs is 2. The molecule has 5 nitrogen and oxygen atoms in total. The first-order valence-corrected chi connectivity index (χ1v) is 10.8. The Kier molecular flexibility index (Phi) is 4.91. The lowest BCUT2D eigenvalue weighted by molar-refractivity contribution is 0.221. The number of likely N-dealkylation sites (tertiary alicyclic amines) is 1. The second-order valence-corrected chi connectivity index (χ2v) is 8.27. The molecule has 0 unspecified atom stereocenters. The molecular weight excluding hydrogens is 372 g/mol. The molecule has 0 aliphatic carbocycles. The monoisotopic (exact) mass is 400 g/mol. The van der Waals surface area contributed by atoms with Crippen molar-refractivity contribution in [2.24, 2.45) is 0 Å². The molecular formula is C25H28N4O. The largest absolute Gasteiger partial charge is 0.496 e. The van der Waals surface area contributed by atoms with E-state index in [1.54, 1.807) is 7.11 Å². The minimum absolute atomic E-state index is 0.552. The Balaban J connectivity index is 1.49. The second kappa shape index (κ2) is 7.73. The van der Waals surface area contributed by atoms with Gasteiger partial charge in [0.2, 0.25) is 0 Å². The molecule has 1 aliphatic rings. The standard InChI is InChI=1S/C25H28N4O/c1-4-29-11-9-17(10-12-29)20-5-7-23-22(27-20)8-6-21(28-23)19-14-18-13-16(2)26-24(18)15-25(19)30-3/h5-8,13-15,17,26H,4,9-12H2,1-3H3. The molecule has 1 N–H and O–H groups in total. The molecule has 5 heteroatoms. The van der Waals surface area contributed by atoms with Gasteiger partial charge in [0.15, 0.2) is 0 Å². The van der Waals surface area contributed by atoms with Crippen LogP contribution in [0.3, 0.4) is 0 Å². The zero-order chi connectivity index (χ0) is 20.7. The van der Waals surface area contributed by atoms with E-state index >= 15 is 0 Å². The van der Waals surface area contributed by atoms with Crippen LogP contribution < -0.4 is 4.74 Å². The SMILES string of the molecule is CCN1CCC(c2ccc3nc(-c4cc5cc(C)[nH]c5cc4OC)ccc3n2)CC1. The van der Waals surface area contributed by atoms with Crippen molar-refractivity contribution in [3.63, 3.8) is 0 Å². The molecule has 30 heavy (non-hydrogen) atoms. The summed E-state index contributed by atoms with van der Waals surface area (Å²) in [7, 11) is 1.71. The number of hydrogen-bond donors (Lipinski definition) is 1. The summed E-state index contributed by atoms with van der Waals surface area (Å²) in [5, 5.41) is 1.16. The fourth-order valence-corrected chi connectivity index (χ4v) is 4.62. The molecule has 0 spiro atoms. The third kappa shape index (κ3) is 3.43. The summed E-state index contributed by atoms with van der Waals surface area (Å²) in [6, 6.07) is 14.8. The first-order chi connectivity index (χ1) is 14.6. The number of aryl methyl sites for hydroxylation is 1. The van der Waals surface area contributed by atoms with E-state index in [-0.39, 0.29) is 0 Å². The van der Waals surface area contributed by atoms with Gasteiger partial charge in [-0.3, -0.25) is 4.98 Å². The number of pyridine rings is 2. The van der Waals surface area contributed by atoms with E-state index in [0.29, 0.717) is 5.92 Å². The van der Waals surface area contributed by atoms with Crippen molar-refractivity contribution in [1.82, 2.24) is 19.9 Å². The van der Waals surface area contributed by atoms with Gasteiger partial charge in [0, 0.05) is 39.8 Å². The van der Waals surface area contributed by atoms with Crippen molar-refractivity contribution in [3.05, 3.63) is 53.9 Å². The molecule has 5 rings (SSSR count). The van der Waals surface area contributed by atoms with E-state index in [2.05, 4.69) is 60.1 Å². The van der Waals surface area contributed by atoms with Gasteiger partial charge < -0.3 is 14.6 Å². The van der Waals surface area contributed by atoms with Crippen LogP contribution in [0.4, 0.5) is 0 Å². The maximum atomic E-state index is 5.67. The number of benzene rings is 1. The van der Waals surface area contributed by atoms with E-state index in [1.165, 1.54) is 31.6 Å². The zero-order valence-corrected chi connectivity index (χ0v) is 17.9. The first-order valence-electron chi connectivity index (χ1n) is 10.8. The Labute approximate surface area is 177 Å². The van der Waals surface area contributed by atoms with Crippen LogP contribution in [0.2, 0.25) is 0 Å². The highest BCUT2D eigenvalue weighted by Crippen LogP contribution is 2.34. The lowest BCUT2D eigenvalue weighted by Gasteiger charge is -2.30. The highest BCUT2D eigenvalue weighted by Gasteiger charge is 2.21. The molecule has 0 amide bonds. The Bertz CT molecular complexity index is 1200. The Morgan fingerprint density at radius 1 is 1.03 bits per heavy atom. The Morgan fingerprint density at radius 3 is 2.57 bits per heavy atom. The van der Waals surface area contributed by atoms with Gasteiger partial charge in [-0.2, -0.15) is 0 Å². The number of methoxy groups -OCH3 is 1. The van der Waals surface area contributed by atoms with Gasteiger partial charge in [-0.15, -0.1) is 0 Å². The number of nitrogens with one attached hydrogen (secondary N) is 1. The van der Waals surface area contributed by atoms with Gasteiger partial charge in [-0.25, -0.2) is 4.98 Å². The normalized spacial score (nSPS) is 15.8. The molecule has 0 atom stereocenters. The van der Waals surface area contributed by atoms with Crippen molar-refractivity contribution < 1.29 is 4.74 Å². The van der Waals surface area contributed by atoms with Crippen molar-refractivity contribution in [2.45, 2.75) is 32.6 Å². The first kappa shape index (κ1) is 19.1. The minimum Gasteiger partial charge on any atom is -0.496 e. The maximum Gasteiger partial charge on any atom is 0.130 e. The summed E-state index contributed by atoms with van der Waals surface area (Å²) in [5.74, 6) is 1.37. The van der Waals surface area contributed by atoms with Gasteiger partial charge in [-0.1, -0.05) is 6.92 Å². The fourth-order valence-electron chi connectivity index (χ4n) is 4.62. The number of aromatic amines is 1. The molecule has 154 valence electrons.